The van der Waals surface area contributed by atoms with Gasteiger partial charge in [-0.15, -0.1) is 0 Å². The minimum Gasteiger partial charge on any atom is -0.384 e. The summed E-state index contributed by atoms with van der Waals surface area (Å²) in [4.78, 5) is 0. The summed E-state index contributed by atoms with van der Waals surface area (Å²) in [7, 11) is -1.45. The Balaban J connectivity index is 2.45. The summed E-state index contributed by atoms with van der Waals surface area (Å²) in [5.41, 5.74) is 1.03. The average Bonchev–Trinajstić information content (AvgIpc) is 2.16. The lowest BCUT2D eigenvalue weighted by atomic mass is 10.1. The monoisotopic (exact) mass is 219 g/mol. The molecule has 82 valence electrons. The van der Waals surface area contributed by atoms with Gasteiger partial charge in [0.15, 0.2) is 9.84 Å². The molecule has 5 heteroatoms. The number of hydrogen-bond acceptors (Lipinski definition) is 4. The van der Waals surface area contributed by atoms with E-state index in [-0.39, 0.29) is 18.1 Å². The van der Waals surface area contributed by atoms with Crippen LogP contribution in [0.1, 0.15) is 6.42 Å². The predicted molar refractivity (Wildman–Crippen MR) is 56.1 cm³/mol. The van der Waals surface area contributed by atoms with Crippen LogP contribution in [0.3, 0.4) is 0 Å². The molecule has 1 rings (SSSR count). The topological polar surface area (TPSA) is 55.4 Å². The second-order valence-corrected chi connectivity index (χ2v) is 5.59. The van der Waals surface area contributed by atoms with E-state index in [9.17, 15) is 8.42 Å². The van der Waals surface area contributed by atoms with Gasteiger partial charge in [-0.25, -0.2) is 8.42 Å². The Bertz CT molecular complexity index is 295. The van der Waals surface area contributed by atoms with Crippen LogP contribution in [0.4, 0.5) is 0 Å². The molecule has 0 fully saturated rings. The van der Waals surface area contributed by atoms with E-state index < -0.39 is 9.84 Å². The zero-order chi connectivity index (χ0) is 10.4. The Morgan fingerprint density at radius 1 is 1.57 bits per heavy atom. The average molecular weight is 219 g/mol. The van der Waals surface area contributed by atoms with Crippen LogP contribution in [0.5, 0.6) is 0 Å². The van der Waals surface area contributed by atoms with E-state index in [4.69, 9.17) is 4.74 Å². The third-order valence-corrected chi connectivity index (χ3v) is 3.76. The predicted octanol–water partition coefficient (Wildman–Crippen LogP) is -0.0327. The number of ether oxygens (including phenoxy) is 1. The highest BCUT2D eigenvalue weighted by molar-refractivity contribution is 7.91. The van der Waals surface area contributed by atoms with Gasteiger partial charge in [0.2, 0.25) is 0 Å². The molecular formula is C9H17NO3S. The van der Waals surface area contributed by atoms with Gasteiger partial charge in [-0.1, -0.05) is 11.6 Å². The van der Waals surface area contributed by atoms with Gasteiger partial charge >= 0.3 is 0 Å². The van der Waals surface area contributed by atoms with Gasteiger partial charge in [0, 0.05) is 13.7 Å². The molecule has 1 aliphatic heterocycles. The van der Waals surface area contributed by atoms with Gasteiger partial charge in [0.1, 0.15) is 0 Å². The Morgan fingerprint density at radius 2 is 2.36 bits per heavy atom. The Labute approximate surface area is 85.3 Å². The molecule has 0 aromatic heterocycles. The van der Waals surface area contributed by atoms with Gasteiger partial charge in [-0.2, -0.15) is 0 Å². The fraction of sp³-hybridized carbons (Fsp3) is 0.778. The summed E-state index contributed by atoms with van der Waals surface area (Å²) in [5.74, 6) is 0.312. The van der Waals surface area contributed by atoms with Crippen LogP contribution in [0.2, 0.25) is 0 Å². The minimum absolute atomic E-state index is 0.119. The lowest BCUT2D eigenvalue weighted by molar-refractivity contribution is 0.217. The van der Waals surface area contributed by atoms with Crippen LogP contribution in [0, 0.1) is 0 Å². The van der Waals surface area contributed by atoms with Crippen LogP contribution < -0.4 is 5.32 Å². The summed E-state index contributed by atoms with van der Waals surface area (Å²) in [6.45, 7) is 1.95. The van der Waals surface area contributed by atoms with Crippen LogP contribution >= 0.6 is 0 Å². The highest BCUT2D eigenvalue weighted by Gasteiger charge is 2.14. The van der Waals surface area contributed by atoms with Crippen molar-refractivity contribution in [2.75, 3.05) is 38.3 Å². The van der Waals surface area contributed by atoms with E-state index in [0.717, 1.165) is 25.1 Å². The SMILES string of the molecule is COCCS(=O)(=O)CC1=CCNCC1. The van der Waals surface area contributed by atoms with Gasteiger partial charge in [0.05, 0.1) is 18.1 Å². The zero-order valence-electron chi connectivity index (χ0n) is 8.45. The quantitative estimate of drug-likeness (QED) is 0.660. The highest BCUT2D eigenvalue weighted by Crippen LogP contribution is 2.08. The maximum Gasteiger partial charge on any atom is 0.156 e. The van der Waals surface area contributed by atoms with Crippen LogP contribution in [-0.2, 0) is 14.6 Å². The largest absolute Gasteiger partial charge is 0.384 e. The van der Waals surface area contributed by atoms with Crippen molar-refractivity contribution in [3.63, 3.8) is 0 Å². The number of sulfone groups is 1. The lowest BCUT2D eigenvalue weighted by Crippen LogP contribution is -2.24. The number of nitrogens with one attached hydrogen (secondary N) is 1. The number of methoxy groups -OCH3 is 1. The minimum atomic E-state index is -2.96. The van der Waals surface area contributed by atoms with E-state index in [2.05, 4.69) is 5.32 Å². The molecule has 1 aliphatic rings. The van der Waals surface area contributed by atoms with Gasteiger partial charge in [-0.05, 0) is 13.0 Å². The van der Waals surface area contributed by atoms with E-state index in [1.165, 1.54) is 7.11 Å². The van der Waals surface area contributed by atoms with Crippen molar-refractivity contribution in [2.24, 2.45) is 0 Å². The molecule has 0 spiro atoms. The molecule has 0 amide bonds. The molecule has 0 saturated carbocycles. The Kier molecular flexibility index (Phi) is 4.57. The van der Waals surface area contributed by atoms with Crippen molar-refractivity contribution in [3.8, 4) is 0 Å². The van der Waals surface area contributed by atoms with Crippen LogP contribution in [0.25, 0.3) is 0 Å². The first-order valence-electron chi connectivity index (χ1n) is 4.72. The summed E-state index contributed by atoms with van der Waals surface area (Å²) < 4.78 is 27.8. The van der Waals surface area contributed by atoms with Gasteiger partial charge in [-0.3, -0.25) is 0 Å². The summed E-state index contributed by atoms with van der Waals surface area (Å²) in [5, 5.41) is 3.15. The zero-order valence-corrected chi connectivity index (χ0v) is 9.27. The van der Waals surface area contributed by atoms with E-state index in [1.54, 1.807) is 0 Å². The molecule has 0 radical (unpaired) electrons. The number of rotatable bonds is 5. The van der Waals surface area contributed by atoms with Gasteiger partial charge < -0.3 is 10.1 Å². The Hall–Kier alpha value is -0.390. The summed E-state index contributed by atoms with van der Waals surface area (Å²) >= 11 is 0. The third-order valence-electron chi connectivity index (χ3n) is 2.16. The second-order valence-electron chi connectivity index (χ2n) is 3.40. The van der Waals surface area contributed by atoms with Crippen molar-refractivity contribution in [1.29, 1.82) is 0 Å². The lowest BCUT2D eigenvalue weighted by Gasteiger charge is -2.13. The second kappa shape index (κ2) is 5.48. The van der Waals surface area contributed by atoms with Crippen molar-refractivity contribution in [1.82, 2.24) is 5.32 Å². The molecule has 4 nitrogen and oxygen atoms in total. The van der Waals surface area contributed by atoms with Crippen molar-refractivity contribution < 1.29 is 13.2 Å². The molecule has 0 aliphatic carbocycles. The standard InChI is InChI=1S/C9H17NO3S/c1-13-6-7-14(11,12)8-9-2-4-10-5-3-9/h2,10H,3-8H2,1H3. The summed E-state index contributed by atoms with van der Waals surface area (Å²) in [6, 6.07) is 0. The van der Waals surface area contributed by atoms with Crippen molar-refractivity contribution >= 4 is 9.84 Å². The maximum atomic E-state index is 11.5. The molecule has 0 aromatic rings. The maximum absolute atomic E-state index is 11.5. The van der Waals surface area contributed by atoms with E-state index in [1.807, 2.05) is 6.08 Å². The summed E-state index contributed by atoms with van der Waals surface area (Å²) in [6.07, 6.45) is 2.81. The Morgan fingerprint density at radius 3 is 2.93 bits per heavy atom. The van der Waals surface area contributed by atoms with Crippen LogP contribution in [0.15, 0.2) is 11.6 Å². The third kappa shape index (κ3) is 4.21. The van der Waals surface area contributed by atoms with E-state index >= 15 is 0 Å². The van der Waals surface area contributed by atoms with Crippen molar-refractivity contribution in [2.45, 2.75) is 6.42 Å². The molecular weight excluding hydrogens is 202 g/mol. The fourth-order valence-corrected chi connectivity index (χ4v) is 2.76. The number of hydrogen-bond donors (Lipinski definition) is 1. The molecule has 0 aromatic carbocycles. The normalized spacial score (nSPS) is 17.9. The molecule has 14 heavy (non-hydrogen) atoms. The first-order valence-corrected chi connectivity index (χ1v) is 6.54. The molecule has 0 unspecified atom stereocenters. The van der Waals surface area contributed by atoms with Crippen LogP contribution in [-0.4, -0.2) is 46.7 Å². The molecule has 0 saturated heterocycles. The first kappa shape index (κ1) is 11.7. The molecule has 1 heterocycles. The first-order chi connectivity index (χ1) is 6.64. The fourth-order valence-electron chi connectivity index (χ4n) is 1.37. The highest BCUT2D eigenvalue weighted by atomic mass is 32.2. The smallest absolute Gasteiger partial charge is 0.156 e. The molecule has 0 bridgehead atoms. The van der Waals surface area contributed by atoms with Crippen molar-refractivity contribution in [3.05, 3.63) is 11.6 Å². The molecule has 0 atom stereocenters. The molecule has 1 N–H and O–H groups in total. The van der Waals surface area contributed by atoms with E-state index in [0.29, 0.717) is 0 Å². The van der Waals surface area contributed by atoms with Gasteiger partial charge in [0.25, 0.3) is 0 Å².